The predicted octanol–water partition coefficient (Wildman–Crippen LogP) is 3.52. The Balaban J connectivity index is 1.75. The van der Waals surface area contributed by atoms with Crippen molar-refractivity contribution < 1.29 is 14.3 Å². The Morgan fingerprint density at radius 1 is 1.16 bits per heavy atom. The molecule has 0 unspecified atom stereocenters. The van der Waals surface area contributed by atoms with E-state index in [1.807, 2.05) is 67.1 Å². The van der Waals surface area contributed by atoms with Gasteiger partial charge in [-0.2, -0.15) is 0 Å². The summed E-state index contributed by atoms with van der Waals surface area (Å²) in [4.78, 5) is 12.6. The summed E-state index contributed by atoms with van der Waals surface area (Å²) in [5, 5.41) is 3.89. The van der Waals surface area contributed by atoms with Gasteiger partial charge >= 0.3 is 0 Å². The van der Waals surface area contributed by atoms with Crippen LogP contribution >= 0.6 is 0 Å². The fourth-order valence-electron chi connectivity index (χ4n) is 2.87. The van der Waals surface area contributed by atoms with Gasteiger partial charge in [0.2, 0.25) is 0 Å². The van der Waals surface area contributed by atoms with Gasteiger partial charge in [-0.25, -0.2) is 0 Å². The number of benzene rings is 2. The van der Waals surface area contributed by atoms with Crippen LogP contribution in [0.2, 0.25) is 0 Å². The first kappa shape index (κ1) is 16.9. The summed E-state index contributed by atoms with van der Waals surface area (Å²) < 4.78 is 12.7. The van der Waals surface area contributed by atoms with Crippen molar-refractivity contribution in [1.29, 1.82) is 0 Å². The third-order valence-electron chi connectivity index (χ3n) is 4.19. The minimum Gasteiger partial charge on any atom is -0.496 e. The van der Waals surface area contributed by atoms with Gasteiger partial charge in [-0.05, 0) is 42.8 Å². The van der Waals surface area contributed by atoms with Gasteiger partial charge in [0.1, 0.15) is 17.2 Å². The maximum Gasteiger partial charge on any atom is 0.268 e. The van der Waals surface area contributed by atoms with E-state index in [9.17, 15) is 4.79 Å². The number of hydrogen-bond acceptors (Lipinski definition) is 3. The fourth-order valence-corrected chi connectivity index (χ4v) is 2.87. The molecule has 0 spiro atoms. The Morgan fingerprint density at radius 2 is 1.92 bits per heavy atom. The van der Waals surface area contributed by atoms with E-state index >= 15 is 0 Å². The number of hydrogen-bond donors (Lipinski definition) is 1. The molecule has 3 rings (SSSR count). The molecule has 1 amide bonds. The maximum atomic E-state index is 12.6. The second-order valence-corrected chi connectivity index (χ2v) is 5.74. The molecular weight excluding hydrogens is 316 g/mol. The Hall–Kier alpha value is -2.95. The third-order valence-corrected chi connectivity index (χ3v) is 4.19. The summed E-state index contributed by atoms with van der Waals surface area (Å²) in [6.45, 7) is 3.05. The Kier molecular flexibility index (Phi) is 4.93. The molecule has 0 saturated carbocycles. The number of aromatic nitrogens is 1. The zero-order valence-corrected chi connectivity index (χ0v) is 14.7. The van der Waals surface area contributed by atoms with Crippen molar-refractivity contribution in [2.75, 3.05) is 13.7 Å². The van der Waals surface area contributed by atoms with Gasteiger partial charge < -0.3 is 19.4 Å². The highest BCUT2D eigenvalue weighted by Crippen LogP contribution is 2.28. The largest absolute Gasteiger partial charge is 0.496 e. The molecule has 0 radical (unpaired) electrons. The van der Waals surface area contributed by atoms with Crippen LogP contribution in [0.4, 0.5) is 0 Å². The second kappa shape index (κ2) is 7.30. The molecule has 3 aromatic rings. The average molecular weight is 338 g/mol. The lowest BCUT2D eigenvalue weighted by Gasteiger charge is -2.08. The molecule has 5 nitrogen and oxygen atoms in total. The van der Waals surface area contributed by atoms with Crippen molar-refractivity contribution in [3.63, 3.8) is 0 Å². The highest BCUT2D eigenvalue weighted by molar-refractivity contribution is 6.00. The van der Waals surface area contributed by atoms with Crippen molar-refractivity contribution in [3.8, 4) is 11.5 Å². The molecule has 1 N–H and O–H groups in total. The van der Waals surface area contributed by atoms with Crippen LogP contribution in [0.25, 0.3) is 10.9 Å². The number of rotatable bonds is 6. The standard InChI is InChI=1S/C20H22N2O3/c1-4-25-15-10-8-14(9-11-15)13-21-20(23)18-12-16-17(22(18)2)6-5-7-19(16)24-3/h5-12H,4,13H2,1-3H3,(H,21,23). The number of carbonyl (C=O) groups is 1. The van der Waals surface area contributed by atoms with Crippen molar-refractivity contribution in [1.82, 2.24) is 9.88 Å². The smallest absolute Gasteiger partial charge is 0.268 e. The Bertz CT molecular complexity index is 882. The zero-order valence-electron chi connectivity index (χ0n) is 14.7. The second-order valence-electron chi connectivity index (χ2n) is 5.74. The van der Waals surface area contributed by atoms with Gasteiger partial charge in [-0.15, -0.1) is 0 Å². The van der Waals surface area contributed by atoms with Crippen molar-refractivity contribution in [3.05, 3.63) is 59.8 Å². The number of fused-ring (bicyclic) bond motifs is 1. The minimum absolute atomic E-state index is 0.116. The number of amides is 1. The first-order valence-corrected chi connectivity index (χ1v) is 8.26. The van der Waals surface area contributed by atoms with E-state index in [0.717, 1.165) is 28.0 Å². The molecule has 0 bridgehead atoms. The van der Waals surface area contributed by atoms with E-state index in [-0.39, 0.29) is 5.91 Å². The molecule has 5 heteroatoms. The van der Waals surface area contributed by atoms with Gasteiger partial charge in [0.05, 0.1) is 19.2 Å². The molecule has 25 heavy (non-hydrogen) atoms. The molecular formula is C20H22N2O3. The summed E-state index contributed by atoms with van der Waals surface area (Å²) in [7, 11) is 3.51. The Morgan fingerprint density at radius 3 is 2.60 bits per heavy atom. The van der Waals surface area contributed by atoms with Crippen molar-refractivity contribution >= 4 is 16.8 Å². The number of ether oxygens (including phenoxy) is 2. The molecule has 0 atom stereocenters. The number of carbonyl (C=O) groups excluding carboxylic acids is 1. The molecule has 2 aromatic carbocycles. The molecule has 0 aliphatic rings. The highest BCUT2D eigenvalue weighted by Gasteiger charge is 2.15. The normalized spacial score (nSPS) is 10.7. The van der Waals surface area contributed by atoms with E-state index in [1.54, 1.807) is 7.11 Å². The van der Waals surface area contributed by atoms with Crippen LogP contribution in [0.3, 0.4) is 0 Å². The summed E-state index contributed by atoms with van der Waals surface area (Å²) in [6.07, 6.45) is 0. The average Bonchev–Trinajstić information content (AvgIpc) is 2.98. The maximum absolute atomic E-state index is 12.6. The Labute approximate surface area is 147 Å². The van der Waals surface area contributed by atoms with E-state index in [0.29, 0.717) is 18.8 Å². The third kappa shape index (κ3) is 3.45. The van der Waals surface area contributed by atoms with Crippen LogP contribution in [0, 0.1) is 0 Å². The van der Waals surface area contributed by atoms with Gasteiger partial charge in [0.25, 0.3) is 5.91 Å². The van der Waals surface area contributed by atoms with Crippen LogP contribution in [0.15, 0.2) is 48.5 Å². The molecule has 0 fully saturated rings. The molecule has 0 aliphatic heterocycles. The summed E-state index contributed by atoms with van der Waals surface area (Å²) >= 11 is 0. The number of nitrogens with zero attached hydrogens (tertiary/aromatic N) is 1. The number of methoxy groups -OCH3 is 1. The van der Waals surface area contributed by atoms with Crippen LogP contribution in [0.1, 0.15) is 23.0 Å². The van der Waals surface area contributed by atoms with E-state index in [2.05, 4.69) is 5.32 Å². The lowest BCUT2D eigenvalue weighted by atomic mass is 10.2. The first-order chi connectivity index (χ1) is 12.1. The van der Waals surface area contributed by atoms with Gasteiger partial charge in [0.15, 0.2) is 0 Å². The van der Waals surface area contributed by atoms with E-state index < -0.39 is 0 Å². The molecule has 1 aromatic heterocycles. The molecule has 0 aliphatic carbocycles. The van der Waals surface area contributed by atoms with E-state index in [4.69, 9.17) is 9.47 Å². The topological polar surface area (TPSA) is 52.5 Å². The summed E-state index contributed by atoms with van der Waals surface area (Å²) in [6, 6.07) is 15.4. The molecule has 0 saturated heterocycles. The lowest BCUT2D eigenvalue weighted by Crippen LogP contribution is -2.24. The number of aryl methyl sites for hydroxylation is 1. The van der Waals surface area contributed by atoms with Crippen molar-refractivity contribution in [2.45, 2.75) is 13.5 Å². The monoisotopic (exact) mass is 338 g/mol. The predicted molar refractivity (Wildman–Crippen MR) is 98.3 cm³/mol. The quantitative estimate of drug-likeness (QED) is 0.748. The van der Waals surface area contributed by atoms with Gasteiger partial charge in [-0.3, -0.25) is 4.79 Å². The molecule has 130 valence electrons. The highest BCUT2D eigenvalue weighted by atomic mass is 16.5. The number of nitrogens with one attached hydrogen (secondary N) is 1. The fraction of sp³-hybridized carbons (Fsp3) is 0.250. The van der Waals surface area contributed by atoms with Crippen LogP contribution < -0.4 is 14.8 Å². The first-order valence-electron chi connectivity index (χ1n) is 8.26. The lowest BCUT2D eigenvalue weighted by molar-refractivity contribution is 0.0943. The van der Waals surface area contributed by atoms with E-state index in [1.165, 1.54) is 0 Å². The SMILES string of the molecule is CCOc1ccc(CNC(=O)c2cc3c(OC)cccc3n2C)cc1. The van der Waals surface area contributed by atoms with Gasteiger partial charge in [0, 0.05) is 19.0 Å². The summed E-state index contributed by atoms with van der Waals surface area (Å²) in [5.74, 6) is 1.48. The van der Waals surface area contributed by atoms with Crippen LogP contribution in [0.5, 0.6) is 11.5 Å². The van der Waals surface area contributed by atoms with Crippen LogP contribution in [-0.4, -0.2) is 24.2 Å². The van der Waals surface area contributed by atoms with Crippen molar-refractivity contribution in [2.24, 2.45) is 7.05 Å². The zero-order chi connectivity index (χ0) is 17.8. The summed E-state index contributed by atoms with van der Waals surface area (Å²) in [5.41, 5.74) is 2.59. The molecule has 1 heterocycles. The van der Waals surface area contributed by atoms with Crippen LogP contribution in [-0.2, 0) is 13.6 Å². The van der Waals surface area contributed by atoms with Gasteiger partial charge in [-0.1, -0.05) is 18.2 Å². The minimum atomic E-state index is -0.116.